The molecule has 1 aliphatic heterocycles. The molecule has 1 aromatic heterocycles. The van der Waals surface area contributed by atoms with Crippen molar-refractivity contribution in [2.45, 2.75) is 32.4 Å². The van der Waals surface area contributed by atoms with Gasteiger partial charge in [0.2, 0.25) is 0 Å². The maximum Gasteiger partial charge on any atom is 0.0791 e. The second-order valence-electron chi connectivity index (χ2n) is 5.88. The largest absolute Gasteiger partial charge is 0.390 e. The fourth-order valence-electron chi connectivity index (χ4n) is 2.65. The molecule has 0 bridgehead atoms. The first-order chi connectivity index (χ1) is 9.15. The molecule has 0 saturated carbocycles. The van der Waals surface area contributed by atoms with Crippen LogP contribution in [0.3, 0.4) is 0 Å². The summed E-state index contributed by atoms with van der Waals surface area (Å²) in [7, 11) is 2.04. The van der Waals surface area contributed by atoms with Crippen LogP contribution in [0.15, 0.2) is 18.3 Å². The van der Waals surface area contributed by atoms with Crippen molar-refractivity contribution < 1.29 is 5.11 Å². The van der Waals surface area contributed by atoms with Crippen LogP contribution >= 0.6 is 0 Å². The van der Waals surface area contributed by atoms with Gasteiger partial charge in [-0.05, 0) is 44.0 Å². The van der Waals surface area contributed by atoms with E-state index in [0.29, 0.717) is 6.54 Å². The van der Waals surface area contributed by atoms with Crippen molar-refractivity contribution in [3.05, 3.63) is 24.0 Å². The van der Waals surface area contributed by atoms with Crippen molar-refractivity contribution in [3.63, 3.8) is 0 Å². The first-order valence-electron chi connectivity index (χ1n) is 7.36. The number of aromatic nitrogens is 1. The summed E-state index contributed by atoms with van der Waals surface area (Å²) < 4.78 is 2.10. The molecule has 1 atom stereocenters. The molecule has 19 heavy (non-hydrogen) atoms. The number of nitrogens with one attached hydrogen (secondary N) is 1. The zero-order valence-electron chi connectivity index (χ0n) is 12.2. The molecule has 4 nitrogen and oxygen atoms in total. The summed E-state index contributed by atoms with van der Waals surface area (Å²) in [5.74, 6) is 0.851. The molecule has 1 aromatic rings. The van der Waals surface area contributed by atoms with Crippen molar-refractivity contribution in [2.24, 2.45) is 13.0 Å². The number of hydrogen-bond acceptors (Lipinski definition) is 3. The Hall–Kier alpha value is -0.840. The van der Waals surface area contributed by atoms with Gasteiger partial charge in [-0.1, -0.05) is 6.92 Å². The average molecular weight is 265 g/mol. The summed E-state index contributed by atoms with van der Waals surface area (Å²) in [4.78, 5) is 2.38. The number of β-amino-alcohol motifs (C(OH)–C–C–N with tert-alkyl or cyclic N) is 1. The minimum Gasteiger partial charge on any atom is -0.390 e. The highest BCUT2D eigenvalue weighted by molar-refractivity contribution is 5.05. The number of likely N-dealkylation sites (tertiary alicyclic amines) is 1. The highest BCUT2D eigenvalue weighted by atomic mass is 16.3. The summed E-state index contributed by atoms with van der Waals surface area (Å²) in [6.07, 6.45) is 4.31. The smallest absolute Gasteiger partial charge is 0.0791 e. The molecular weight excluding hydrogens is 238 g/mol. The molecule has 1 unspecified atom stereocenters. The Morgan fingerprint density at radius 1 is 1.42 bits per heavy atom. The molecule has 1 fully saturated rings. The van der Waals surface area contributed by atoms with E-state index in [-0.39, 0.29) is 6.10 Å². The van der Waals surface area contributed by atoms with Crippen LogP contribution in [0.25, 0.3) is 0 Å². The van der Waals surface area contributed by atoms with Crippen LogP contribution < -0.4 is 5.32 Å². The number of aliphatic hydroxyl groups is 1. The molecule has 108 valence electrons. The van der Waals surface area contributed by atoms with Gasteiger partial charge in [0.15, 0.2) is 0 Å². The van der Waals surface area contributed by atoms with E-state index in [4.69, 9.17) is 0 Å². The Kier molecular flexibility index (Phi) is 5.43. The normalized spacial score (nSPS) is 19.7. The number of nitrogens with zero attached hydrogens (tertiary/aromatic N) is 2. The van der Waals surface area contributed by atoms with E-state index in [0.717, 1.165) is 32.1 Å². The average Bonchev–Trinajstić information content (AvgIpc) is 2.78. The lowest BCUT2D eigenvalue weighted by Gasteiger charge is -2.31. The first kappa shape index (κ1) is 14.6. The molecule has 0 aromatic carbocycles. The summed E-state index contributed by atoms with van der Waals surface area (Å²) in [5, 5.41) is 13.4. The van der Waals surface area contributed by atoms with Gasteiger partial charge in [0.05, 0.1) is 6.10 Å². The van der Waals surface area contributed by atoms with Crippen molar-refractivity contribution in [1.29, 1.82) is 0 Å². The molecule has 0 radical (unpaired) electrons. The Balaban J connectivity index is 1.62. The molecule has 1 saturated heterocycles. The quantitative estimate of drug-likeness (QED) is 0.812. The van der Waals surface area contributed by atoms with Crippen LogP contribution in [0.5, 0.6) is 0 Å². The molecule has 2 rings (SSSR count). The fraction of sp³-hybridized carbons (Fsp3) is 0.733. The molecule has 2 N–H and O–H groups in total. The Labute approximate surface area is 116 Å². The predicted molar refractivity (Wildman–Crippen MR) is 78.0 cm³/mol. The second kappa shape index (κ2) is 7.08. The van der Waals surface area contributed by atoms with Crippen molar-refractivity contribution >= 4 is 0 Å². The van der Waals surface area contributed by atoms with Gasteiger partial charge in [-0.25, -0.2) is 0 Å². The maximum atomic E-state index is 10.1. The highest BCUT2D eigenvalue weighted by Crippen LogP contribution is 2.15. The van der Waals surface area contributed by atoms with Gasteiger partial charge >= 0.3 is 0 Å². The van der Waals surface area contributed by atoms with Gasteiger partial charge in [0.25, 0.3) is 0 Å². The number of aliphatic hydroxyl groups excluding tert-OH is 1. The van der Waals surface area contributed by atoms with E-state index in [1.165, 1.54) is 18.5 Å². The van der Waals surface area contributed by atoms with Crippen LogP contribution in [0.1, 0.15) is 25.5 Å². The van der Waals surface area contributed by atoms with Gasteiger partial charge in [0, 0.05) is 38.6 Å². The highest BCUT2D eigenvalue weighted by Gasteiger charge is 2.17. The molecule has 1 aliphatic rings. The number of rotatable bonds is 6. The van der Waals surface area contributed by atoms with E-state index >= 15 is 0 Å². The van der Waals surface area contributed by atoms with E-state index in [1.54, 1.807) is 0 Å². The van der Waals surface area contributed by atoms with Gasteiger partial charge in [-0.3, -0.25) is 0 Å². The molecular formula is C15H27N3O. The second-order valence-corrected chi connectivity index (χ2v) is 5.88. The van der Waals surface area contributed by atoms with Crippen LogP contribution in [-0.2, 0) is 13.6 Å². The predicted octanol–water partition coefficient (Wildman–Crippen LogP) is 1.21. The molecule has 0 amide bonds. The third-order valence-corrected chi connectivity index (χ3v) is 4.08. The van der Waals surface area contributed by atoms with Crippen molar-refractivity contribution in [1.82, 2.24) is 14.8 Å². The summed E-state index contributed by atoms with van der Waals surface area (Å²) in [6.45, 7) is 6.86. The number of piperidine rings is 1. The Morgan fingerprint density at radius 2 is 2.16 bits per heavy atom. The SMILES string of the molecule is CC1CCN(CC(O)CNCc2cccn2C)CC1. The van der Waals surface area contributed by atoms with Crippen molar-refractivity contribution in [3.8, 4) is 0 Å². The van der Waals surface area contributed by atoms with E-state index < -0.39 is 0 Å². The Morgan fingerprint density at radius 3 is 2.79 bits per heavy atom. The third-order valence-electron chi connectivity index (χ3n) is 4.08. The zero-order valence-corrected chi connectivity index (χ0v) is 12.2. The van der Waals surface area contributed by atoms with Crippen molar-refractivity contribution in [2.75, 3.05) is 26.2 Å². The topological polar surface area (TPSA) is 40.4 Å². The maximum absolute atomic E-state index is 10.1. The van der Waals surface area contributed by atoms with Gasteiger partial charge < -0.3 is 19.9 Å². The first-order valence-corrected chi connectivity index (χ1v) is 7.36. The number of hydrogen-bond donors (Lipinski definition) is 2. The minimum absolute atomic E-state index is 0.270. The lowest BCUT2D eigenvalue weighted by atomic mass is 9.99. The Bertz CT molecular complexity index is 369. The zero-order chi connectivity index (χ0) is 13.7. The fourth-order valence-corrected chi connectivity index (χ4v) is 2.65. The van der Waals surface area contributed by atoms with Gasteiger partial charge in [0.1, 0.15) is 0 Å². The van der Waals surface area contributed by atoms with Crippen LogP contribution in [0.4, 0.5) is 0 Å². The monoisotopic (exact) mass is 265 g/mol. The lowest BCUT2D eigenvalue weighted by Crippen LogP contribution is -2.41. The van der Waals surface area contributed by atoms with E-state index in [9.17, 15) is 5.11 Å². The molecule has 2 heterocycles. The van der Waals surface area contributed by atoms with E-state index in [2.05, 4.69) is 27.8 Å². The molecule has 4 heteroatoms. The van der Waals surface area contributed by atoms with Gasteiger partial charge in [-0.2, -0.15) is 0 Å². The summed E-state index contributed by atoms with van der Waals surface area (Å²) in [5.41, 5.74) is 1.25. The van der Waals surface area contributed by atoms with Crippen LogP contribution in [0.2, 0.25) is 0 Å². The van der Waals surface area contributed by atoms with Gasteiger partial charge in [-0.15, -0.1) is 0 Å². The molecule has 0 spiro atoms. The van der Waals surface area contributed by atoms with E-state index in [1.807, 2.05) is 19.3 Å². The lowest BCUT2D eigenvalue weighted by molar-refractivity contribution is 0.0906. The molecule has 0 aliphatic carbocycles. The van der Waals surface area contributed by atoms with Crippen LogP contribution in [-0.4, -0.2) is 46.9 Å². The number of aryl methyl sites for hydroxylation is 1. The third kappa shape index (κ3) is 4.64. The standard InChI is InChI=1S/C15H27N3O/c1-13-5-8-18(9-6-13)12-15(19)11-16-10-14-4-3-7-17(14)2/h3-4,7,13,15-16,19H,5-6,8-12H2,1-2H3. The van der Waals surface area contributed by atoms with Crippen LogP contribution in [0, 0.1) is 5.92 Å². The summed E-state index contributed by atoms with van der Waals surface area (Å²) >= 11 is 0. The minimum atomic E-state index is -0.270. The summed E-state index contributed by atoms with van der Waals surface area (Å²) in [6, 6.07) is 4.15.